The van der Waals surface area contributed by atoms with Crippen LogP contribution in [-0.2, 0) is 11.3 Å². The molecule has 1 aromatic carbocycles. The van der Waals surface area contributed by atoms with Crippen LogP contribution in [0.1, 0.15) is 31.7 Å². The van der Waals surface area contributed by atoms with Crippen LogP contribution in [0.15, 0.2) is 18.2 Å². The third kappa shape index (κ3) is 4.80. The van der Waals surface area contributed by atoms with Crippen molar-refractivity contribution in [2.45, 2.75) is 39.3 Å². The first-order valence-corrected chi connectivity index (χ1v) is 8.23. The maximum atomic E-state index is 12.4. The van der Waals surface area contributed by atoms with E-state index in [0.717, 1.165) is 24.8 Å². The zero-order valence-corrected chi connectivity index (χ0v) is 13.8. The van der Waals surface area contributed by atoms with E-state index in [1.165, 1.54) is 6.07 Å². The van der Waals surface area contributed by atoms with Gasteiger partial charge in [-0.25, -0.2) is 0 Å². The molecule has 7 heteroatoms. The minimum atomic E-state index is -2.91. The number of halogens is 2. The van der Waals surface area contributed by atoms with Crippen molar-refractivity contribution in [1.29, 1.82) is 0 Å². The molecule has 0 bridgehead atoms. The molecule has 2 atom stereocenters. The molecule has 0 heterocycles. The fourth-order valence-electron chi connectivity index (χ4n) is 3.11. The van der Waals surface area contributed by atoms with Crippen LogP contribution < -0.4 is 20.5 Å². The molecule has 0 aromatic heterocycles. The molecular weight excluding hydrogens is 318 g/mol. The standard InChI is InChI=1S/C17H24F2N2O3/c1-2-23-15-8-11(6-7-14(15)24-17(18)19)10-21-16(22)13-5-3-4-12(13)9-20/h6-8,12-13,17H,2-5,9-10,20H2,1H3,(H,21,22)/t12-,13-/m1/s1. The summed E-state index contributed by atoms with van der Waals surface area (Å²) in [5, 5.41) is 2.90. The van der Waals surface area contributed by atoms with Crippen LogP contribution >= 0.6 is 0 Å². The number of nitrogens with one attached hydrogen (secondary N) is 1. The highest BCUT2D eigenvalue weighted by atomic mass is 19.3. The van der Waals surface area contributed by atoms with Gasteiger partial charge in [0.1, 0.15) is 0 Å². The van der Waals surface area contributed by atoms with E-state index < -0.39 is 6.61 Å². The predicted octanol–water partition coefficient (Wildman–Crippen LogP) is 2.68. The molecule has 3 N–H and O–H groups in total. The van der Waals surface area contributed by atoms with Crippen LogP contribution in [0.2, 0.25) is 0 Å². The number of hydrogen-bond donors (Lipinski definition) is 2. The molecule has 0 unspecified atom stereocenters. The number of ether oxygens (including phenoxy) is 2. The van der Waals surface area contributed by atoms with Crippen molar-refractivity contribution in [3.63, 3.8) is 0 Å². The summed E-state index contributed by atoms with van der Waals surface area (Å²) in [6.45, 7) is 0.00217. The Bertz CT molecular complexity index is 555. The van der Waals surface area contributed by atoms with E-state index in [1.807, 2.05) is 0 Å². The highest BCUT2D eigenvalue weighted by molar-refractivity contribution is 5.79. The number of alkyl halides is 2. The van der Waals surface area contributed by atoms with Gasteiger partial charge in [0, 0.05) is 12.5 Å². The highest BCUT2D eigenvalue weighted by Gasteiger charge is 2.31. The normalized spacial score (nSPS) is 20.2. The smallest absolute Gasteiger partial charge is 0.387 e. The molecule has 0 saturated heterocycles. The highest BCUT2D eigenvalue weighted by Crippen LogP contribution is 2.32. The minimum absolute atomic E-state index is 0.00573. The van der Waals surface area contributed by atoms with Gasteiger partial charge >= 0.3 is 6.61 Å². The Hall–Kier alpha value is -1.89. The van der Waals surface area contributed by atoms with Crippen molar-refractivity contribution >= 4 is 5.91 Å². The Morgan fingerprint density at radius 3 is 2.83 bits per heavy atom. The van der Waals surface area contributed by atoms with Gasteiger partial charge in [0.2, 0.25) is 5.91 Å². The Morgan fingerprint density at radius 2 is 2.17 bits per heavy atom. The van der Waals surface area contributed by atoms with Crippen LogP contribution in [0.3, 0.4) is 0 Å². The first-order valence-electron chi connectivity index (χ1n) is 8.23. The largest absolute Gasteiger partial charge is 0.490 e. The van der Waals surface area contributed by atoms with Gasteiger partial charge in [-0.05, 0) is 49.9 Å². The number of carbonyl (C=O) groups is 1. The van der Waals surface area contributed by atoms with E-state index >= 15 is 0 Å². The lowest BCUT2D eigenvalue weighted by atomic mass is 9.95. The third-order valence-corrected chi connectivity index (χ3v) is 4.29. The molecule has 1 aromatic rings. The van der Waals surface area contributed by atoms with Crippen molar-refractivity contribution in [1.82, 2.24) is 5.32 Å². The second-order valence-corrected chi connectivity index (χ2v) is 5.84. The second-order valence-electron chi connectivity index (χ2n) is 5.84. The number of benzene rings is 1. The van der Waals surface area contributed by atoms with Gasteiger partial charge in [0.25, 0.3) is 0 Å². The number of hydrogen-bond acceptors (Lipinski definition) is 4. The van der Waals surface area contributed by atoms with Gasteiger partial charge < -0.3 is 20.5 Å². The van der Waals surface area contributed by atoms with E-state index in [9.17, 15) is 13.6 Å². The lowest BCUT2D eigenvalue weighted by molar-refractivity contribution is -0.126. The zero-order valence-electron chi connectivity index (χ0n) is 13.8. The van der Waals surface area contributed by atoms with Crippen molar-refractivity contribution in [2.24, 2.45) is 17.6 Å². The monoisotopic (exact) mass is 342 g/mol. The fourth-order valence-corrected chi connectivity index (χ4v) is 3.11. The Labute approximate surface area is 140 Å². The summed E-state index contributed by atoms with van der Waals surface area (Å²) in [6, 6.07) is 4.67. The average molecular weight is 342 g/mol. The number of carbonyl (C=O) groups excluding carboxylic acids is 1. The van der Waals surface area contributed by atoms with Crippen molar-refractivity contribution in [3.05, 3.63) is 23.8 Å². The molecule has 1 aliphatic carbocycles. The molecule has 0 radical (unpaired) electrons. The summed E-state index contributed by atoms with van der Waals surface area (Å²) in [5.41, 5.74) is 6.47. The summed E-state index contributed by atoms with van der Waals surface area (Å²) in [4.78, 5) is 12.3. The molecule has 0 aliphatic heterocycles. The first-order chi connectivity index (χ1) is 11.5. The first kappa shape index (κ1) is 18.4. The second kappa shape index (κ2) is 8.82. The van der Waals surface area contributed by atoms with Gasteiger partial charge in [-0.3, -0.25) is 4.79 Å². The van der Waals surface area contributed by atoms with Gasteiger partial charge in [-0.1, -0.05) is 12.5 Å². The quantitative estimate of drug-likeness (QED) is 0.762. The zero-order chi connectivity index (χ0) is 17.5. The fraction of sp³-hybridized carbons (Fsp3) is 0.588. The van der Waals surface area contributed by atoms with E-state index in [1.54, 1.807) is 19.1 Å². The minimum Gasteiger partial charge on any atom is -0.490 e. The summed E-state index contributed by atoms with van der Waals surface area (Å²) in [5.74, 6) is 0.425. The molecule has 5 nitrogen and oxygen atoms in total. The lowest BCUT2D eigenvalue weighted by Crippen LogP contribution is -2.34. The topological polar surface area (TPSA) is 73.6 Å². The van der Waals surface area contributed by atoms with E-state index in [4.69, 9.17) is 10.5 Å². The summed E-state index contributed by atoms with van der Waals surface area (Å²) in [7, 11) is 0. The number of nitrogens with two attached hydrogens (primary N) is 1. The maximum Gasteiger partial charge on any atom is 0.387 e. The van der Waals surface area contributed by atoms with Crippen LogP contribution in [0.5, 0.6) is 11.5 Å². The van der Waals surface area contributed by atoms with Gasteiger partial charge in [0.15, 0.2) is 11.5 Å². The Balaban J connectivity index is 1.99. The van der Waals surface area contributed by atoms with Gasteiger partial charge in [-0.2, -0.15) is 8.78 Å². The Morgan fingerprint density at radius 1 is 1.38 bits per heavy atom. The molecule has 0 spiro atoms. The molecule has 1 fully saturated rings. The maximum absolute atomic E-state index is 12.4. The summed E-state index contributed by atoms with van der Waals surface area (Å²) < 4.78 is 34.5. The molecule has 1 amide bonds. The van der Waals surface area contributed by atoms with Crippen LogP contribution in [0.4, 0.5) is 8.78 Å². The third-order valence-electron chi connectivity index (χ3n) is 4.29. The van der Waals surface area contributed by atoms with Crippen molar-refractivity contribution < 1.29 is 23.0 Å². The molecular formula is C17H24F2N2O3. The lowest BCUT2D eigenvalue weighted by Gasteiger charge is -2.18. The summed E-state index contributed by atoms with van der Waals surface area (Å²) >= 11 is 0. The Kier molecular flexibility index (Phi) is 6.78. The van der Waals surface area contributed by atoms with Crippen LogP contribution in [-0.4, -0.2) is 25.7 Å². The molecule has 1 saturated carbocycles. The van der Waals surface area contributed by atoms with E-state index in [0.29, 0.717) is 19.7 Å². The number of amides is 1. The molecule has 1 aliphatic rings. The molecule has 2 rings (SSSR count). The van der Waals surface area contributed by atoms with Crippen LogP contribution in [0, 0.1) is 11.8 Å². The van der Waals surface area contributed by atoms with Crippen molar-refractivity contribution in [2.75, 3.05) is 13.2 Å². The van der Waals surface area contributed by atoms with Gasteiger partial charge in [0.05, 0.1) is 6.61 Å². The summed E-state index contributed by atoms with van der Waals surface area (Å²) in [6.07, 6.45) is 2.87. The molecule has 24 heavy (non-hydrogen) atoms. The predicted molar refractivity (Wildman–Crippen MR) is 86.0 cm³/mol. The van der Waals surface area contributed by atoms with E-state index in [2.05, 4.69) is 10.1 Å². The average Bonchev–Trinajstić information content (AvgIpc) is 3.03. The SMILES string of the molecule is CCOc1cc(CNC(=O)[C@@H]2CCC[C@@H]2CN)ccc1OC(F)F. The molecule has 134 valence electrons. The number of rotatable bonds is 8. The van der Waals surface area contributed by atoms with E-state index in [-0.39, 0.29) is 29.2 Å². The van der Waals surface area contributed by atoms with Crippen molar-refractivity contribution in [3.8, 4) is 11.5 Å². The van der Waals surface area contributed by atoms with Crippen LogP contribution in [0.25, 0.3) is 0 Å². The van der Waals surface area contributed by atoms with Gasteiger partial charge in [-0.15, -0.1) is 0 Å².